The second-order valence-electron chi connectivity index (χ2n) is 6.55. The van der Waals surface area contributed by atoms with E-state index in [0.29, 0.717) is 5.92 Å². The molecular formula is C20H29IN4OS. The van der Waals surface area contributed by atoms with E-state index in [1.165, 1.54) is 5.56 Å². The van der Waals surface area contributed by atoms with Crippen LogP contribution in [0.3, 0.4) is 0 Å². The molecule has 3 rings (SSSR count). The van der Waals surface area contributed by atoms with Crippen molar-refractivity contribution < 1.29 is 4.74 Å². The summed E-state index contributed by atoms with van der Waals surface area (Å²) in [5.74, 6) is 2.48. The minimum atomic E-state index is 0. The van der Waals surface area contributed by atoms with Crippen LogP contribution in [0.1, 0.15) is 35.5 Å². The van der Waals surface area contributed by atoms with Crippen molar-refractivity contribution >= 4 is 41.3 Å². The van der Waals surface area contributed by atoms with E-state index in [0.717, 1.165) is 61.4 Å². The normalized spacial score (nSPS) is 16.9. The number of likely N-dealkylation sites (tertiary alicyclic amines) is 1. The summed E-state index contributed by atoms with van der Waals surface area (Å²) >= 11 is 1.70. The third kappa shape index (κ3) is 6.07. The van der Waals surface area contributed by atoms with Gasteiger partial charge in [0.05, 0.1) is 17.8 Å². The van der Waals surface area contributed by atoms with Crippen LogP contribution in [0.5, 0.6) is 5.75 Å². The fourth-order valence-electron chi connectivity index (χ4n) is 3.33. The zero-order valence-corrected chi connectivity index (χ0v) is 19.4. The monoisotopic (exact) mass is 500 g/mol. The number of halogens is 1. The summed E-state index contributed by atoms with van der Waals surface area (Å²) in [6, 6.07) is 8.46. The molecule has 1 fully saturated rings. The Balaban J connectivity index is 0.00000261. The average molecular weight is 500 g/mol. The summed E-state index contributed by atoms with van der Waals surface area (Å²) in [5.41, 5.74) is 2.52. The number of aliphatic imine (C=N–C) groups is 1. The molecule has 0 amide bonds. The van der Waals surface area contributed by atoms with Crippen molar-refractivity contribution in [2.45, 2.75) is 32.6 Å². The summed E-state index contributed by atoms with van der Waals surface area (Å²) in [4.78, 5) is 11.7. The molecule has 1 aliphatic rings. The fourth-order valence-corrected chi connectivity index (χ4v) is 3.97. The second kappa shape index (κ2) is 10.8. The molecule has 2 heterocycles. The third-order valence-electron chi connectivity index (χ3n) is 4.71. The van der Waals surface area contributed by atoms with Crippen molar-refractivity contribution in [2.24, 2.45) is 4.99 Å². The molecule has 0 bridgehead atoms. The van der Waals surface area contributed by atoms with E-state index in [9.17, 15) is 0 Å². The van der Waals surface area contributed by atoms with Crippen molar-refractivity contribution in [3.05, 3.63) is 45.9 Å². The predicted octanol–water partition coefficient (Wildman–Crippen LogP) is 4.08. The average Bonchev–Trinajstić information content (AvgIpc) is 3.30. The van der Waals surface area contributed by atoms with Gasteiger partial charge in [-0.2, -0.15) is 0 Å². The van der Waals surface area contributed by atoms with Gasteiger partial charge < -0.3 is 15.0 Å². The maximum absolute atomic E-state index is 5.26. The zero-order valence-electron chi connectivity index (χ0n) is 16.3. The molecule has 5 nitrogen and oxygen atoms in total. The molecule has 0 radical (unpaired) electrons. The first-order valence-corrected chi connectivity index (χ1v) is 10.2. The highest BCUT2D eigenvalue weighted by atomic mass is 127. The van der Waals surface area contributed by atoms with Crippen LogP contribution in [0.15, 0.2) is 34.6 Å². The van der Waals surface area contributed by atoms with Crippen molar-refractivity contribution in [2.75, 3.05) is 33.3 Å². The Kier molecular flexibility index (Phi) is 8.82. The lowest BCUT2D eigenvalue weighted by Gasteiger charge is -2.21. The van der Waals surface area contributed by atoms with E-state index in [1.54, 1.807) is 18.4 Å². The minimum absolute atomic E-state index is 0. The first kappa shape index (κ1) is 21.9. The number of ether oxygens (including phenoxy) is 1. The number of guanidine groups is 1. The number of hydrogen-bond acceptors (Lipinski definition) is 4. The summed E-state index contributed by atoms with van der Waals surface area (Å²) in [6.45, 7) is 7.88. The Morgan fingerprint density at radius 1 is 1.37 bits per heavy atom. The molecule has 0 saturated carbocycles. The van der Waals surface area contributed by atoms with Gasteiger partial charge in [-0.1, -0.05) is 12.1 Å². The number of aryl methyl sites for hydroxylation is 1. The zero-order chi connectivity index (χ0) is 18.4. The number of nitrogens with one attached hydrogen (secondary N) is 1. The fraction of sp³-hybridized carbons (Fsp3) is 0.500. The number of rotatable bonds is 6. The molecular weight excluding hydrogens is 471 g/mol. The standard InChI is InChI=1S/C20H28N4OS.HI/c1-4-21-20(22-11-9-18-14-26-15(2)23-18)24-12-10-17(13-24)16-5-7-19(25-3)8-6-16;/h5-8,14,17H,4,9-13H2,1-3H3,(H,21,22);1H. The first-order valence-electron chi connectivity index (χ1n) is 9.27. The van der Waals surface area contributed by atoms with Crippen LogP contribution in [-0.2, 0) is 6.42 Å². The molecule has 1 N–H and O–H groups in total. The van der Waals surface area contributed by atoms with Gasteiger partial charge in [-0.15, -0.1) is 35.3 Å². The van der Waals surface area contributed by atoms with Crippen molar-refractivity contribution in [3.8, 4) is 5.75 Å². The quantitative estimate of drug-likeness (QED) is 0.369. The second-order valence-corrected chi connectivity index (χ2v) is 7.61. The smallest absolute Gasteiger partial charge is 0.193 e. The molecule has 27 heavy (non-hydrogen) atoms. The molecule has 1 unspecified atom stereocenters. The number of aromatic nitrogens is 1. The Hall–Kier alpha value is -1.35. The van der Waals surface area contributed by atoms with Crippen LogP contribution in [-0.4, -0.2) is 49.1 Å². The van der Waals surface area contributed by atoms with Crippen LogP contribution in [0, 0.1) is 6.92 Å². The van der Waals surface area contributed by atoms with E-state index < -0.39 is 0 Å². The van der Waals surface area contributed by atoms with Crippen LogP contribution in [0.4, 0.5) is 0 Å². The number of thiazole rings is 1. The molecule has 0 spiro atoms. The van der Waals surface area contributed by atoms with E-state index >= 15 is 0 Å². The summed E-state index contributed by atoms with van der Waals surface area (Å²) in [5, 5.41) is 6.70. The van der Waals surface area contributed by atoms with Gasteiger partial charge >= 0.3 is 0 Å². The Morgan fingerprint density at radius 3 is 2.78 bits per heavy atom. The lowest BCUT2D eigenvalue weighted by molar-refractivity contribution is 0.414. The van der Waals surface area contributed by atoms with Gasteiger partial charge in [-0.05, 0) is 38.0 Å². The SMILES string of the molecule is CCNC(=NCCc1csc(C)n1)N1CCC(c2ccc(OC)cc2)C1.I. The number of nitrogens with zero attached hydrogens (tertiary/aromatic N) is 3. The largest absolute Gasteiger partial charge is 0.497 e. The number of benzene rings is 1. The Labute approximate surface area is 183 Å². The highest BCUT2D eigenvalue weighted by Crippen LogP contribution is 2.28. The first-order chi connectivity index (χ1) is 12.7. The molecule has 148 valence electrons. The molecule has 1 atom stereocenters. The van der Waals surface area contributed by atoms with Crippen LogP contribution >= 0.6 is 35.3 Å². The molecule has 1 aliphatic heterocycles. The van der Waals surface area contributed by atoms with Gasteiger partial charge in [0.2, 0.25) is 0 Å². The predicted molar refractivity (Wildman–Crippen MR) is 124 cm³/mol. The Morgan fingerprint density at radius 2 is 2.15 bits per heavy atom. The van der Waals surface area contributed by atoms with Crippen molar-refractivity contribution in [3.63, 3.8) is 0 Å². The molecule has 7 heteroatoms. The molecule has 1 aromatic heterocycles. The van der Waals surface area contributed by atoms with Crippen LogP contribution in [0.2, 0.25) is 0 Å². The lowest BCUT2D eigenvalue weighted by atomic mass is 9.98. The number of hydrogen-bond donors (Lipinski definition) is 1. The van der Waals surface area contributed by atoms with E-state index in [4.69, 9.17) is 9.73 Å². The van der Waals surface area contributed by atoms with Crippen LogP contribution < -0.4 is 10.1 Å². The third-order valence-corrected chi connectivity index (χ3v) is 5.53. The maximum atomic E-state index is 5.26. The highest BCUT2D eigenvalue weighted by Gasteiger charge is 2.26. The number of methoxy groups -OCH3 is 1. The topological polar surface area (TPSA) is 49.8 Å². The van der Waals surface area contributed by atoms with E-state index in [2.05, 4.69) is 39.6 Å². The molecule has 1 aromatic carbocycles. The van der Waals surface area contributed by atoms with E-state index in [-0.39, 0.29) is 24.0 Å². The van der Waals surface area contributed by atoms with E-state index in [1.807, 2.05) is 19.1 Å². The minimum Gasteiger partial charge on any atom is -0.497 e. The van der Waals surface area contributed by atoms with Gasteiger partial charge in [-0.25, -0.2) is 4.98 Å². The summed E-state index contributed by atoms with van der Waals surface area (Å²) in [6.07, 6.45) is 2.05. The Bertz CT molecular complexity index is 732. The summed E-state index contributed by atoms with van der Waals surface area (Å²) in [7, 11) is 1.71. The lowest BCUT2D eigenvalue weighted by Crippen LogP contribution is -2.40. The molecule has 0 aliphatic carbocycles. The molecule has 1 saturated heterocycles. The van der Waals surface area contributed by atoms with Gasteiger partial charge in [0.15, 0.2) is 5.96 Å². The maximum Gasteiger partial charge on any atom is 0.193 e. The van der Waals surface area contributed by atoms with Gasteiger partial charge in [-0.3, -0.25) is 4.99 Å². The summed E-state index contributed by atoms with van der Waals surface area (Å²) < 4.78 is 5.26. The molecule has 2 aromatic rings. The highest BCUT2D eigenvalue weighted by molar-refractivity contribution is 14.0. The van der Waals surface area contributed by atoms with Gasteiger partial charge in [0.25, 0.3) is 0 Å². The van der Waals surface area contributed by atoms with Crippen molar-refractivity contribution in [1.29, 1.82) is 0 Å². The van der Waals surface area contributed by atoms with Gasteiger partial charge in [0.1, 0.15) is 5.75 Å². The van der Waals surface area contributed by atoms with Crippen LogP contribution in [0.25, 0.3) is 0 Å². The van der Waals surface area contributed by atoms with Gasteiger partial charge in [0, 0.05) is 43.9 Å². The van der Waals surface area contributed by atoms with Crippen molar-refractivity contribution in [1.82, 2.24) is 15.2 Å².